The zero-order valence-electron chi connectivity index (χ0n) is 24.0. The molecule has 0 aliphatic rings. The summed E-state index contributed by atoms with van der Waals surface area (Å²) in [6.07, 6.45) is 3.01. The van der Waals surface area contributed by atoms with Gasteiger partial charge in [0.05, 0.1) is 24.1 Å². The van der Waals surface area contributed by atoms with Crippen LogP contribution in [0.2, 0.25) is 5.02 Å². The van der Waals surface area contributed by atoms with Gasteiger partial charge in [-0.05, 0) is 48.2 Å². The minimum absolute atomic E-state index is 0.130. The summed E-state index contributed by atoms with van der Waals surface area (Å²) in [7, 11) is -2.44. The molecule has 1 atom stereocenters. The summed E-state index contributed by atoms with van der Waals surface area (Å²) in [5.74, 6) is -0.428. The third kappa shape index (κ3) is 8.96. The summed E-state index contributed by atoms with van der Waals surface area (Å²) in [6.45, 7) is 4.07. The van der Waals surface area contributed by atoms with Crippen LogP contribution in [0.3, 0.4) is 0 Å². The summed E-state index contributed by atoms with van der Waals surface area (Å²) in [4.78, 5) is 29.3. The molecule has 3 aromatic carbocycles. The number of nitrogens with zero attached hydrogens (tertiary/aromatic N) is 2. The monoisotopic (exact) mass is 599 g/mol. The van der Waals surface area contributed by atoms with Crippen molar-refractivity contribution in [1.82, 2.24) is 10.2 Å². The van der Waals surface area contributed by atoms with Crippen molar-refractivity contribution in [1.29, 1.82) is 0 Å². The predicted molar refractivity (Wildman–Crippen MR) is 164 cm³/mol. The number of sulfonamides is 1. The highest BCUT2D eigenvalue weighted by atomic mass is 35.5. The lowest BCUT2D eigenvalue weighted by Crippen LogP contribution is -2.53. The van der Waals surface area contributed by atoms with Gasteiger partial charge >= 0.3 is 0 Å². The first-order valence-corrected chi connectivity index (χ1v) is 15.7. The number of ether oxygens (including phenoxy) is 1. The molecule has 3 rings (SSSR count). The number of rotatable bonds is 14. The minimum Gasteiger partial charge on any atom is -0.495 e. The first-order valence-electron chi connectivity index (χ1n) is 13.5. The highest BCUT2D eigenvalue weighted by Crippen LogP contribution is 2.30. The van der Waals surface area contributed by atoms with E-state index in [1.165, 1.54) is 24.1 Å². The van der Waals surface area contributed by atoms with Crippen molar-refractivity contribution in [3.8, 4) is 5.75 Å². The Kier molecular flexibility index (Phi) is 11.6. The third-order valence-electron chi connectivity index (χ3n) is 6.81. The number of amides is 2. The smallest absolute Gasteiger partial charge is 0.244 e. The molecule has 41 heavy (non-hydrogen) atoms. The number of anilines is 1. The number of nitrogens with one attached hydrogen (secondary N) is 1. The molecule has 0 spiro atoms. The highest BCUT2D eigenvalue weighted by Gasteiger charge is 2.33. The zero-order valence-corrected chi connectivity index (χ0v) is 25.5. The maximum absolute atomic E-state index is 14.1. The molecule has 0 heterocycles. The summed E-state index contributed by atoms with van der Waals surface area (Å²) in [6, 6.07) is 20.7. The Labute approximate surface area is 248 Å². The van der Waals surface area contributed by atoms with E-state index in [9.17, 15) is 18.0 Å². The van der Waals surface area contributed by atoms with Gasteiger partial charge in [0.2, 0.25) is 21.8 Å². The van der Waals surface area contributed by atoms with Crippen molar-refractivity contribution in [2.75, 3.05) is 30.8 Å². The van der Waals surface area contributed by atoms with Crippen LogP contribution >= 0.6 is 11.6 Å². The van der Waals surface area contributed by atoms with Crippen molar-refractivity contribution >= 4 is 39.1 Å². The van der Waals surface area contributed by atoms with Gasteiger partial charge in [-0.25, -0.2) is 8.42 Å². The predicted octanol–water partition coefficient (Wildman–Crippen LogP) is 4.98. The van der Waals surface area contributed by atoms with Gasteiger partial charge in [0.15, 0.2) is 0 Å². The van der Waals surface area contributed by atoms with Gasteiger partial charge in [-0.2, -0.15) is 0 Å². The molecule has 0 fully saturated rings. The molecule has 0 saturated carbocycles. The molecular weight excluding hydrogens is 562 g/mol. The van der Waals surface area contributed by atoms with Crippen LogP contribution in [0.1, 0.15) is 36.5 Å². The highest BCUT2D eigenvalue weighted by molar-refractivity contribution is 7.92. The summed E-state index contributed by atoms with van der Waals surface area (Å²) in [5, 5.41) is 3.19. The number of halogens is 1. The first-order chi connectivity index (χ1) is 19.5. The number of unbranched alkanes of at least 4 members (excludes halogenated alkanes) is 1. The van der Waals surface area contributed by atoms with E-state index in [0.717, 1.165) is 40.1 Å². The fourth-order valence-corrected chi connectivity index (χ4v) is 5.55. The standard InChI is InChI=1S/C31H38ClN3O5S/c1-5-6-18-33-31(37)28(19-24-13-8-7-9-14-24)34(21-25-15-11-10-12-23(25)2)30(36)22-35(41(4,38)39)26-16-17-29(40-3)27(32)20-26/h7-17,20,28H,5-6,18-19,21-22H2,1-4H3,(H,33,37)/t28-/m0/s1. The fraction of sp³-hybridized carbons (Fsp3) is 0.355. The van der Waals surface area contributed by atoms with E-state index in [1.807, 2.05) is 68.4 Å². The summed E-state index contributed by atoms with van der Waals surface area (Å²) >= 11 is 6.30. The number of carbonyl (C=O) groups excluding carboxylic acids is 2. The van der Waals surface area contributed by atoms with Crippen LogP contribution < -0.4 is 14.4 Å². The molecule has 0 radical (unpaired) electrons. The second kappa shape index (κ2) is 14.9. The fourth-order valence-electron chi connectivity index (χ4n) is 4.46. The lowest BCUT2D eigenvalue weighted by molar-refractivity contribution is -0.140. The van der Waals surface area contributed by atoms with E-state index >= 15 is 0 Å². The van der Waals surface area contributed by atoms with Gasteiger partial charge in [-0.1, -0.05) is 79.5 Å². The van der Waals surface area contributed by atoms with Gasteiger partial charge in [0, 0.05) is 19.5 Å². The summed E-state index contributed by atoms with van der Waals surface area (Å²) < 4.78 is 32.1. The second-order valence-electron chi connectivity index (χ2n) is 9.89. The molecule has 1 N–H and O–H groups in total. The third-order valence-corrected chi connectivity index (χ3v) is 8.24. The topological polar surface area (TPSA) is 96.0 Å². The molecule has 8 nitrogen and oxygen atoms in total. The number of benzene rings is 3. The average molecular weight is 600 g/mol. The Bertz CT molecular complexity index is 1430. The van der Waals surface area contributed by atoms with E-state index < -0.39 is 28.5 Å². The number of methoxy groups -OCH3 is 1. The van der Waals surface area contributed by atoms with E-state index in [2.05, 4.69) is 5.32 Å². The van der Waals surface area contributed by atoms with Gasteiger partial charge in [-0.3, -0.25) is 13.9 Å². The first kappa shape index (κ1) is 32.0. The van der Waals surface area contributed by atoms with Gasteiger partial charge in [0.25, 0.3) is 0 Å². The van der Waals surface area contributed by atoms with Crippen LogP contribution in [0.15, 0.2) is 72.8 Å². The van der Waals surface area contributed by atoms with E-state index in [0.29, 0.717) is 12.3 Å². The van der Waals surface area contributed by atoms with Crippen molar-refractivity contribution in [3.05, 3.63) is 94.5 Å². The average Bonchev–Trinajstić information content (AvgIpc) is 2.94. The quantitative estimate of drug-likeness (QED) is 0.264. The molecule has 0 aromatic heterocycles. The van der Waals surface area contributed by atoms with Gasteiger partial charge < -0.3 is 15.0 Å². The zero-order chi connectivity index (χ0) is 30.0. The SMILES string of the molecule is CCCCNC(=O)[C@H](Cc1ccccc1)N(Cc1ccccc1C)C(=O)CN(c1ccc(OC)c(Cl)c1)S(C)(=O)=O. The molecule has 3 aromatic rings. The Morgan fingerprint density at radius 1 is 1.02 bits per heavy atom. The Hall–Kier alpha value is -3.56. The van der Waals surface area contributed by atoms with Gasteiger partial charge in [0.1, 0.15) is 18.3 Å². The van der Waals surface area contributed by atoms with Crippen LogP contribution in [0, 0.1) is 6.92 Å². The molecular formula is C31H38ClN3O5S. The van der Waals surface area contributed by atoms with Crippen molar-refractivity contribution < 1.29 is 22.7 Å². The van der Waals surface area contributed by atoms with Crippen LogP contribution in [0.4, 0.5) is 5.69 Å². The molecule has 0 bridgehead atoms. The maximum atomic E-state index is 14.1. The Morgan fingerprint density at radius 2 is 1.71 bits per heavy atom. The van der Waals surface area contributed by atoms with Crippen LogP contribution in [0.5, 0.6) is 5.75 Å². The second-order valence-corrected chi connectivity index (χ2v) is 12.2. The van der Waals surface area contributed by atoms with E-state index in [1.54, 1.807) is 6.07 Å². The van der Waals surface area contributed by atoms with Gasteiger partial charge in [-0.15, -0.1) is 0 Å². The molecule has 0 saturated heterocycles. The normalized spacial score (nSPS) is 11.9. The van der Waals surface area contributed by atoms with E-state index in [-0.39, 0.29) is 29.6 Å². The molecule has 10 heteroatoms. The lowest BCUT2D eigenvalue weighted by atomic mass is 10.0. The molecule has 0 unspecified atom stereocenters. The largest absolute Gasteiger partial charge is 0.495 e. The maximum Gasteiger partial charge on any atom is 0.244 e. The Balaban J connectivity index is 2.05. The molecule has 0 aliphatic heterocycles. The van der Waals surface area contributed by atoms with E-state index in [4.69, 9.17) is 16.3 Å². The summed E-state index contributed by atoms with van der Waals surface area (Å²) in [5.41, 5.74) is 2.91. The number of carbonyl (C=O) groups is 2. The van der Waals surface area contributed by atoms with Crippen LogP contribution in [-0.4, -0.2) is 57.6 Å². The minimum atomic E-state index is -3.90. The molecule has 0 aliphatic carbocycles. The van der Waals surface area contributed by atoms with Crippen LogP contribution in [0.25, 0.3) is 0 Å². The number of hydrogen-bond donors (Lipinski definition) is 1. The lowest BCUT2D eigenvalue weighted by Gasteiger charge is -2.34. The number of hydrogen-bond acceptors (Lipinski definition) is 5. The number of aryl methyl sites for hydroxylation is 1. The molecule has 220 valence electrons. The molecule has 2 amide bonds. The van der Waals surface area contributed by atoms with Crippen molar-refractivity contribution in [2.45, 2.75) is 45.7 Å². The van der Waals surface area contributed by atoms with Crippen LogP contribution in [-0.2, 0) is 32.6 Å². The Morgan fingerprint density at radius 3 is 2.32 bits per heavy atom. The van der Waals surface area contributed by atoms with Crippen molar-refractivity contribution in [3.63, 3.8) is 0 Å². The van der Waals surface area contributed by atoms with Crippen molar-refractivity contribution in [2.24, 2.45) is 0 Å².